The van der Waals surface area contributed by atoms with E-state index in [9.17, 15) is 8.42 Å². The summed E-state index contributed by atoms with van der Waals surface area (Å²) >= 11 is 4.43. The maximum atomic E-state index is 11.9. The van der Waals surface area contributed by atoms with Gasteiger partial charge >= 0.3 is 0 Å². The second-order valence-corrected chi connectivity index (χ2v) is 7.64. The number of hydrogen-bond acceptors (Lipinski definition) is 4. The Morgan fingerprint density at radius 3 is 2.69 bits per heavy atom. The van der Waals surface area contributed by atoms with E-state index in [1.165, 1.54) is 11.3 Å². The van der Waals surface area contributed by atoms with Crippen molar-refractivity contribution in [3.8, 4) is 0 Å². The van der Waals surface area contributed by atoms with Gasteiger partial charge in [0.25, 0.3) is 0 Å². The molecule has 0 aliphatic rings. The second kappa shape index (κ2) is 6.11. The van der Waals surface area contributed by atoms with Crippen LogP contribution in [-0.2, 0) is 14.8 Å². The molecule has 7 heteroatoms. The summed E-state index contributed by atoms with van der Waals surface area (Å²) in [6.07, 6.45) is 0.694. The zero-order valence-corrected chi connectivity index (χ0v) is 12.3. The highest BCUT2D eigenvalue weighted by Gasteiger charge is 2.20. The summed E-state index contributed by atoms with van der Waals surface area (Å²) in [5.41, 5.74) is 0. The lowest BCUT2D eigenvalue weighted by atomic mass is 10.3. The quantitative estimate of drug-likeness (QED) is 0.871. The number of methoxy groups -OCH3 is 1. The van der Waals surface area contributed by atoms with Gasteiger partial charge in [-0.25, -0.2) is 13.1 Å². The molecule has 1 heterocycles. The number of halogens is 1. The Kier molecular flexibility index (Phi) is 5.39. The lowest BCUT2D eigenvalue weighted by Crippen LogP contribution is -2.37. The molecule has 1 aromatic rings. The van der Waals surface area contributed by atoms with Gasteiger partial charge in [0.15, 0.2) is 0 Å². The normalized spacial score (nSPS) is 13.9. The first-order chi connectivity index (χ1) is 7.49. The molecule has 1 atom stereocenters. The van der Waals surface area contributed by atoms with Gasteiger partial charge in [-0.2, -0.15) is 0 Å². The van der Waals surface area contributed by atoms with Gasteiger partial charge in [0, 0.05) is 13.2 Å². The van der Waals surface area contributed by atoms with Gasteiger partial charge in [-0.1, -0.05) is 6.92 Å². The molecule has 0 saturated carbocycles. The highest BCUT2D eigenvalue weighted by atomic mass is 79.9. The lowest BCUT2D eigenvalue weighted by Gasteiger charge is -2.14. The van der Waals surface area contributed by atoms with Crippen LogP contribution in [0.25, 0.3) is 0 Å². The largest absolute Gasteiger partial charge is 0.383 e. The average molecular weight is 328 g/mol. The van der Waals surface area contributed by atoms with Crippen molar-refractivity contribution in [2.45, 2.75) is 23.6 Å². The van der Waals surface area contributed by atoms with Crippen LogP contribution in [-0.4, -0.2) is 28.2 Å². The molecule has 0 radical (unpaired) electrons. The molecule has 1 unspecified atom stereocenters. The van der Waals surface area contributed by atoms with Crippen molar-refractivity contribution in [1.29, 1.82) is 0 Å². The molecule has 1 N–H and O–H groups in total. The molecule has 0 aromatic carbocycles. The van der Waals surface area contributed by atoms with Crippen LogP contribution in [0.15, 0.2) is 20.1 Å². The van der Waals surface area contributed by atoms with Crippen LogP contribution in [0.5, 0.6) is 0 Å². The summed E-state index contributed by atoms with van der Waals surface area (Å²) in [6, 6.07) is 3.11. The van der Waals surface area contributed by atoms with Crippen LogP contribution in [0.1, 0.15) is 13.3 Å². The second-order valence-electron chi connectivity index (χ2n) is 3.24. The molecule has 0 bridgehead atoms. The third kappa shape index (κ3) is 3.81. The zero-order valence-electron chi connectivity index (χ0n) is 9.07. The van der Waals surface area contributed by atoms with Gasteiger partial charge in [0.2, 0.25) is 10.0 Å². The summed E-state index contributed by atoms with van der Waals surface area (Å²) in [4.78, 5) is 0. The van der Waals surface area contributed by atoms with E-state index in [1.54, 1.807) is 19.2 Å². The molecule has 92 valence electrons. The number of ether oxygens (including phenoxy) is 1. The van der Waals surface area contributed by atoms with Gasteiger partial charge in [-0.05, 0) is 34.5 Å². The Labute approximate surface area is 108 Å². The molecular weight excluding hydrogens is 314 g/mol. The summed E-state index contributed by atoms with van der Waals surface area (Å²) in [7, 11) is -1.86. The molecule has 4 nitrogen and oxygen atoms in total. The Morgan fingerprint density at radius 2 is 2.25 bits per heavy atom. The number of rotatable bonds is 6. The molecule has 0 aliphatic heterocycles. The Bertz CT molecular complexity index is 430. The molecule has 0 fully saturated rings. The molecule has 0 spiro atoms. The van der Waals surface area contributed by atoms with Crippen molar-refractivity contribution in [3.05, 3.63) is 15.9 Å². The maximum Gasteiger partial charge on any atom is 0.250 e. The molecule has 0 aliphatic carbocycles. The SMILES string of the molecule is CCC(COC)NS(=O)(=O)c1ccc(Br)s1. The zero-order chi connectivity index (χ0) is 12.2. The summed E-state index contributed by atoms with van der Waals surface area (Å²) in [5, 5.41) is 0. The smallest absolute Gasteiger partial charge is 0.250 e. The van der Waals surface area contributed by atoms with Crippen molar-refractivity contribution in [2.24, 2.45) is 0 Å². The number of nitrogens with one attached hydrogen (secondary N) is 1. The first kappa shape index (κ1) is 14.1. The summed E-state index contributed by atoms with van der Waals surface area (Å²) in [5.74, 6) is 0. The van der Waals surface area contributed by atoms with Crippen molar-refractivity contribution in [2.75, 3.05) is 13.7 Å². The van der Waals surface area contributed by atoms with Crippen LogP contribution in [0, 0.1) is 0 Å². The minimum Gasteiger partial charge on any atom is -0.383 e. The fraction of sp³-hybridized carbons (Fsp3) is 0.556. The van der Waals surface area contributed by atoms with E-state index in [0.29, 0.717) is 17.2 Å². The molecule has 0 saturated heterocycles. The van der Waals surface area contributed by atoms with Crippen LogP contribution >= 0.6 is 27.3 Å². The van der Waals surface area contributed by atoms with E-state index < -0.39 is 10.0 Å². The average Bonchev–Trinajstić information content (AvgIpc) is 2.64. The van der Waals surface area contributed by atoms with Gasteiger partial charge in [0.1, 0.15) is 4.21 Å². The number of hydrogen-bond donors (Lipinski definition) is 1. The first-order valence-corrected chi connectivity index (χ1v) is 7.85. The Hall–Kier alpha value is 0.0500. The highest BCUT2D eigenvalue weighted by Crippen LogP contribution is 2.26. The van der Waals surface area contributed by atoms with Crippen molar-refractivity contribution in [3.63, 3.8) is 0 Å². The van der Waals surface area contributed by atoms with Crippen molar-refractivity contribution >= 4 is 37.3 Å². The van der Waals surface area contributed by atoms with Crippen LogP contribution in [0.2, 0.25) is 0 Å². The summed E-state index contributed by atoms with van der Waals surface area (Å²) < 4.78 is 32.5. The molecule has 1 rings (SSSR count). The van der Waals surface area contributed by atoms with Gasteiger partial charge in [-0.3, -0.25) is 0 Å². The third-order valence-electron chi connectivity index (χ3n) is 2.00. The van der Waals surface area contributed by atoms with Crippen molar-refractivity contribution < 1.29 is 13.2 Å². The monoisotopic (exact) mass is 327 g/mol. The van der Waals surface area contributed by atoms with E-state index >= 15 is 0 Å². The van der Waals surface area contributed by atoms with Crippen LogP contribution in [0.4, 0.5) is 0 Å². The van der Waals surface area contributed by atoms with Crippen molar-refractivity contribution in [1.82, 2.24) is 4.72 Å². The fourth-order valence-corrected chi connectivity index (χ4v) is 4.49. The predicted octanol–water partition coefficient (Wildman–Crippen LogP) is 2.21. The molecule has 1 aromatic heterocycles. The van der Waals surface area contributed by atoms with E-state index in [4.69, 9.17) is 4.74 Å². The minimum absolute atomic E-state index is 0.184. The minimum atomic E-state index is -3.41. The molecular formula is C9H14BrNO3S2. The van der Waals surface area contributed by atoms with Gasteiger partial charge in [0.05, 0.1) is 10.4 Å². The molecule has 16 heavy (non-hydrogen) atoms. The van der Waals surface area contributed by atoms with Gasteiger partial charge in [-0.15, -0.1) is 11.3 Å². The lowest BCUT2D eigenvalue weighted by molar-refractivity contribution is 0.173. The first-order valence-electron chi connectivity index (χ1n) is 4.76. The van der Waals surface area contributed by atoms with Gasteiger partial charge < -0.3 is 4.74 Å². The predicted molar refractivity (Wildman–Crippen MR) is 68.3 cm³/mol. The fourth-order valence-electron chi connectivity index (χ4n) is 1.16. The number of thiophene rings is 1. The summed E-state index contributed by atoms with van der Waals surface area (Å²) in [6.45, 7) is 2.29. The van der Waals surface area contributed by atoms with E-state index in [1.807, 2.05) is 6.92 Å². The van der Waals surface area contributed by atoms with E-state index in [2.05, 4.69) is 20.7 Å². The third-order valence-corrected chi connectivity index (χ3v) is 5.63. The Balaban J connectivity index is 2.78. The van der Waals surface area contributed by atoms with Crippen LogP contribution in [0.3, 0.4) is 0 Å². The highest BCUT2D eigenvalue weighted by molar-refractivity contribution is 9.11. The molecule has 0 amide bonds. The Morgan fingerprint density at radius 1 is 1.56 bits per heavy atom. The standard InChI is InChI=1S/C9H14BrNO3S2/c1-3-7(6-14-2)11-16(12,13)9-5-4-8(10)15-9/h4-5,7,11H,3,6H2,1-2H3. The topological polar surface area (TPSA) is 55.4 Å². The van der Waals surface area contributed by atoms with E-state index in [0.717, 1.165) is 3.79 Å². The maximum absolute atomic E-state index is 11.9. The van der Waals surface area contributed by atoms with E-state index in [-0.39, 0.29) is 6.04 Å². The number of sulfonamides is 1. The van der Waals surface area contributed by atoms with Crippen LogP contribution < -0.4 is 4.72 Å².